The van der Waals surface area contributed by atoms with Crippen LogP contribution in [0.15, 0.2) is 18.2 Å². The molecular weight excluding hydrogens is 205 g/mol. The highest BCUT2D eigenvalue weighted by Crippen LogP contribution is 2.34. The van der Waals surface area contributed by atoms with Gasteiger partial charge in [0.1, 0.15) is 5.82 Å². The third kappa shape index (κ3) is 2.25. The molecule has 0 spiro atoms. The van der Waals surface area contributed by atoms with Crippen molar-refractivity contribution in [2.24, 2.45) is 11.7 Å². The molecule has 2 atom stereocenters. The Labute approximate surface area is 95.6 Å². The molecule has 2 rings (SSSR count). The molecule has 0 bridgehead atoms. The number of nitrogens with two attached hydrogens (primary N) is 1. The molecule has 1 fully saturated rings. The van der Waals surface area contributed by atoms with Gasteiger partial charge in [0.2, 0.25) is 0 Å². The molecule has 2 unspecified atom stereocenters. The van der Waals surface area contributed by atoms with Gasteiger partial charge >= 0.3 is 0 Å². The van der Waals surface area contributed by atoms with Gasteiger partial charge in [-0.05, 0) is 49.6 Å². The van der Waals surface area contributed by atoms with Gasteiger partial charge in [-0.1, -0.05) is 6.07 Å². The summed E-state index contributed by atoms with van der Waals surface area (Å²) in [6.45, 7) is 3.32. The largest absolute Gasteiger partial charge is 0.373 e. The monoisotopic (exact) mass is 223 g/mol. The molecule has 1 saturated heterocycles. The Morgan fingerprint density at radius 2 is 2.31 bits per heavy atom. The van der Waals surface area contributed by atoms with Crippen LogP contribution in [0.2, 0.25) is 0 Å². The smallest absolute Gasteiger partial charge is 0.123 e. The summed E-state index contributed by atoms with van der Waals surface area (Å²) < 4.78 is 18.8. The number of aryl methyl sites for hydroxylation is 1. The minimum absolute atomic E-state index is 0.0411. The molecule has 16 heavy (non-hydrogen) atoms. The van der Waals surface area contributed by atoms with Crippen molar-refractivity contribution in [3.63, 3.8) is 0 Å². The van der Waals surface area contributed by atoms with Crippen molar-refractivity contribution >= 4 is 0 Å². The Balaban J connectivity index is 2.27. The van der Waals surface area contributed by atoms with E-state index in [0.717, 1.165) is 30.6 Å². The molecule has 0 amide bonds. The van der Waals surface area contributed by atoms with Crippen molar-refractivity contribution in [1.82, 2.24) is 0 Å². The van der Waals surface area contributed by atoms with Gasteiger partial charge in [-0.2, -0.15) is 0 Å². The maximum atomic E-state index is 13.0. The first kappa shape index (κ1) is 11.6. The predicted octanol–water partition coefficient (Wildman–Crippen LogP) is 2.56. The summed E-state index contributed by atoms with van der Waals surface area (Å²) in [6.07, 6.45) is 2.20. The van der Waals surface area contributed by atoms with Gasteiger partial charge in [-0.3, -0.25) is 0 Å². The number of ether oxygens (including phenoxy) is 1. The van der Waals surface area contributed by atoms with Crippen LogP contribution in [0.25, 0.3) is 0 Å². The standard InChI is InChI=1S/C13H18FNO/c1-9-7-11(14)4-5-12(9)13-10(8-15)3-2-6-16-13/h4-5,7,10,13H,2-3,6,8,15H2,1H3. The zero-order valence-electron chi connectivity index (χ0n) is 9.58. The van der Waals surface area contributed by atoms with Crippen molar-refractivity contribution in [3.8, 4) is 0 Å². The summed E-state index contributed by atoms with van der Waals surface area (Å²) in [5.41, 5.74) is 7.79. The van der Waals surface area contributed by atoms with E-state index in [1.54, 1.807) is 6.07 Å². The lowest BCUT2D eigenvalue weighted by atomic mass is 9.87. The van der Waals surface area contributed by atoms with E-state index in [0.29, 0.717) is 12.5 Å². The van der Waals surface area contributed by atoms with E-state index in [9.17, 15) is 4.39 Å². The first-order chi connectivity index (χ1) is 7.72. The number of hydrogen-bond donors (Lipinski definition) is 1. The second-order valence-corrected chi connectivity index (χ2v) is 4.43. The van der Waals surface area contributed by atoms with Crippen LogP contribution in [0.4, 0.5) is 4.39 Å². The zero-order chi connectivity index (χ0) is 11.5. The molecule has 2 N–H and O–H groups in total. The highest BCUT2D eigenvalue weighted by atomic mass is 19.1. The van der Waals surface area contributed by atoms with Crippen LogP contribution in [-0.4, -0.2) is 13.2 Å². The van der Waals surface area contributed by atoms with Crippen molar-refractivity contribution in [3.05, 3.63) is 35.1 Å². The molecule has 1 aromatic carbocycles. The van der Waals surface area contributed by atoms with Gasteiger partial charge in [0.25, 0.3) is 0 Å². The SMILES string of the molecule is Cc1cc(F)ccc1C1OCCCC1CN. The molecule has 3 heteroatoms. The maximum Gasteiger partial charge on any atom is 0.123 e. The molecule has 1 aliphatic rings. The first-order valence-corrected chi connectivity index (χ1v) is 5.80. The van der Waals surface area contributed by atoms with Crippen LogP contribution in [0.3, 0.4) is 0 Å². The fourth-order valence-electron chi connectivity index (χ4n) is 2.39. The lowest BCUT2D eigenvalue weighted by Gasteiger charge is -2.32. The molecule has 2 nitrogen and oxygen atoms in total. The fourth-order valence-corrected chi connectivity index (χ4v) is 2.39. The Morgan fingerprint density at radius 1 is 1.50 bits per heavy atom. The molecule has 88 valence electrons. The van der Waals surface area contributed by atoms with Gasteiger partial charge in [0.15, 0.2) is 0 Å². The molecule has 1 aliphatic heterocycles. The fraction of sp³-hybridized carbons (Fsp3) is 0.538. The second kappa shape index (κ2) is 4.93. The van der Waals surface area contributed by atoms with Gasteiger partial charge in [0.05, 0.1) is 6.10 Å². The lowest BCUT2D eigenvalue weighted by Crippen LogP contribution is -2.29. The molecule has 1 aromatic rings. The van der Waals surface area contributed by atoms with Crippen LogP contribution in [0.1, 0.15) is 30.1 Å². The Bertz CT molecular complexity index is 367. The molecule has 0 radical (unpaired) electrons. The van der Waals surface area contributed by atoms with Crippen LogP contribution in [-0.2, 0) is 4.74 Å². The molecule has 0 aromatic heterocycles. The highest BCUT2D eigenvalue weighted by molar-refractivity contribution is 5.29. The third-order valence-electron chi connectivity index (χ3n) is 3.29. The van der Waals surface area contributed by atoms with Gasteiger partial charge in [0, 0.05) is 12.5 Å². The highest BCUT2D eigenvalue weighted by Gasteiger charge is 2.27. The van der Waals surface area contributed by atoms with Crippen LogP contribution >= 0.6 is 0 Å². The molecule has 1 heterocycles. The number of halogens is 1. The van der Waals surface area contributed by atoms with Crippen molar-refractivity contribution in [2.75, 3.05) is 13.2 Å². The Hall–Kier alpha value is -0.930. The minimum atomic E-state index is -0.193. The maximum absolute atomic E-state index is 13.0. The molecular formula is C13H18FNO. The van der Waals surface area contributed by atoms with E-state index in [1.165, 1.54) is 6.07 Å². The normalized spacial score (nSPS) is 25.7. The third-order valence-corrected chi connectivity index (χ3v) is 3.29. The minimum Gasteiger partial charge on any atom is -0.373 e. The summed E-state index contributed by atoms with van der Waals surface area (Å²) in [5, 5.41) is 0. The quantitative estimate of drug-likeness (QED) is 0.836. The van der Waals surface area contributed by atoms with Gasteiger partial charge < -0.3 is 10.5 Å². The molecule has 0 saturated carbocycles. The van der Waals surface area contributed by atoms with E-state index >= 15 is 0 Å². The van der Waals surface area contributed by atoms with Crippen LogP contribution in [0, 0.1) is 18.7 Å². The summed E-state index contributed by atoms with van der Waals surface area (Å²) in [4.78, 5) is 0. The van der Waals surface area contributed by atoms with Crippen LogP contribution < -0.4 is 5.73 Å². The topological polar surface area (TPSA) is 35.2 Å². The number of benzene rings is 1. The van der Waals surface area contributed by atoms with Crippen molar-refractivity contribution < 1.29 is 9.13 Å². The Kier molecular flexibility index (Phi) is 3.56. The van der Waals surface area contributed by atoms with Crippen molar-refractivity contribution in [1.29, 1.82) is 0 Å². The van der Waals surface area contributed by atoms with E-state index in [1.807, 2.05) is 13.0 Å². The van der Waals surface area contributed by atoms with Crippen molar-refractivity contribution in [2.45, 2.75) is 25.9 Å². The summed E-state index contributed by atoms with van der Waals surface area (Å²) in [5.74, 6) is 0.166. The summed E-state index contributed by atoms with van der Waals surface area (Å²) in [7, 11) is 0. The van der Waals surface area contributed by atoms with Crippen LogP contribution in [0.5, 0.6) is 0 Å². The van der Waals surface area contributed by atoms with Gasteiger partial charge in [-0.15, -0.1) is 0 Å². The van der Waals surface area contributed by atoms with E-state index in [4.69, 9.17) is 10.5 Å². The number of rotatable bonds is 2. The summed E-state index contributed by atoms with van der Waals surface area (Å²) >= 11 is 0. The molecule has 0 aliphatic carbocycles. The predicted molar refractivity (Wildman–Crippen MR) is 61.6 cm³/mol. The van der Waals surface area contributed by atoms with E-state index < -0.39 is 0 Å². The first-order valence-electron chi connectivity index (χ1n) is 5.80. The summed E-state index contributed by atoms with van der Waals surface area (Å²) in [6, 6.07) is 4.87. The van der Waals surface area contributed by atoms with E-state index in [-0.39, 0.29) is 11.9 Å². The lowest BCUT2D eigenvalue weighted by molar-refractivity contribution is -0.0255. The zero-order valence-corrected chi connectivity index (χ0v) is 9.58. The average molecular weight is 223 g/mol. The van der Waals surface area contributed by atoms with E-state index in [2.05, 4.69) is 0 Å². The Morgan fingerprint density at radius 3 is 3.00 bits per heavy atom. The number of hydrogen-bond acceptors (Lipinski definition) is 2. The second-order valence-electron chi connectivity index (χ2n) is 4.43. The average Bonchev–Trinajstić information content (AvgIpc) is 2.29. The van der Waals surface area contributed by atoms with Gasteiger partial charge in [-0.25, -0.2) is 4.39 Å².